The number of carboxylic acids is 1. The molecule has 3 rings (SSSR count). The highest BCUT2D eigenvalue weighted by Gasteiger charge is 2.24. The summed E-state index contributed by atoms with van der Waals surface area (Å²) in [5.74, 6) is -1.30. The van der Waals surface area contributed by atoms with Crippen molar-refractivity contribution >= 4 is 35.5 Å². The average Bonchev–Trinajstić information content (AvgIpc) is 2.95. The first-order valence-electron chi connectivity index (χ1n) is 7.22. The Morgan fingerprint density at radius 1 is 1.24 bits per heavy atom. The molecule has 0 saturated carbocycles. The molecule has 1 heterocycles. The van der Waals surface area contributed by atoms with E-state index in [4.69, 9.17) is 21.1 Å². The lowest BCUT2D eigenvalue weighted by atomic mass is 10.2. The number of aliphatic imine (C=N–C) groups is 1. The largest absolute Gasteiger partial charge is 0.546 e. The quantitative estimate of drug-likeness (QED) is 0.602. The Kier molecular flexibility index (Phi) is 4.81. The van der Waals surface area contributed by atoms with Gasteiger partial charge in [-0.25, -0.2) is 9.79 Å². The summed E-state index contributed by atoms with van der Waals surface area (Å²) < 4.78 is 10.1. The number of ether oxygens (including phenoxy) is 2. The minimum Gasteiger partial charge on any atom is -0.546 e. The third-order valence-electron chi connectivity index (χ3n) is 3.23. The van der Waals surface area contributed by atoms with Gasteiger partial charge in [-0.15, -0.1) is 0 Å². The van der Waals surface area contributed by atoms with Crippen LogP contribution in [-0.2, 0) is 14.3 Å². The molecule has 25 heavy (non-hydrogen) atoms. The summed E-state index contributed by atoms with van der Waals surface area (Å²) in [5.41, 5.74) is 1.44. The van der Waals surface area contributed by atoms with Crippen LogP contribution in [0.2, 0.25) is 5.02 Å². The molecule has 2 aromatic carbocycles. The Morgan fingerprint density at radius 2 is 2.00 bits per heavy atom. The lowest BCUT2D eigenvalue weighted by Gasteiger charge is -2.06. The van der Waals surface area contributed by atoms with E-state index < -0.39 is 18.5 Å². The number of nitrogens with zero attached hydrogens (tertiary/aromatic N) is 1. The zero-order valence-corrected chi connectivity index (χ0v) is 13.5. The van der Waals surface area contributed by atoms with Gasteiger partial charge in [-0.3, -0.25) is 0 Å². The highest BCUT2D eigenvalue weighted by atomic mass is 35.5. The van der Waals surface area contributed by atoms with Crippen molar-refractivity contribution < 1.29 is 24.2 Å². The smallest absolute Gasteiger partial charge is 0.363 e. The second-order valence-corrected chi connectivity index (χ2v) is 5.51. The maximum atomic E-state index is 12.0. The SMILES string of the molecule is O=C([O-])COc1ccc(/C=C2\N=C(c3cccc(Cl)c3)OC2=O)cc1. The minimum absolute atomic E-state index is 0.151. The van der Waals surface area contributed by atoms with E-state index in [0.29, 0.717) is 21.9 Å². The van der Waals surface area contributed by atoms with E-state index >= 15 is 0 Å². The van der Waals surface area contributed by atoms with Crippen LogP contribution >= 0.6 is 11.6 Å². The molecule has 0 atom stereocenters. The fraction of sp³-hybridized carbons (Fsp3) is 0.0556. The molecule has 0 amide bonds. The normalized spacial score (nSPS) is 15.0. The van der Waals surface area contributed by atoms with Crippen LogP contribution in [0.3, 0.4) is 0 Å². The summed E-state index contributed by atoms with van der Waals surface area (Å²) >= 11 is 5.92. The predicted octanol–water partition coefficient (Wildman–Crippen LogP) is 1.81. The number of esters is 1. The molecule has 0 fully saturated rings. The Balaban J connectivity index is 1.78. The minimum atomic E-state index is -1.30. The van der Waals surface area contributed by atoms with Crippen LogP contribution in [0.4, 0.5) is 0 Å². The Hall–Kier alpha value is -3.12. The molecule has 0 aliphatic carbocycles. The number of halogens is 1. The summed E-state index contributed by atoms with van der Waals surface area (Å²) in [7, 11) is 0. The summed E-state index contributed by atoms with van der Waals surface area (Å²) in [6.07, 6.45) is 1.56. The first kappa shape index (κ1) is 16.7. The van der Waals surface area contributed by atoms with Crippen LogP contribution in [0, 0.1) is 0 Å². The number of aliphatic carboxylic acids is 1. The highest BCUT2D eigenvalue weighted by molar-refractivity contribution is 6.31. The van der Waals surface area contributed by atoms with Crippen molar-refractivity contribution in [3.05, 3.63) is 70.4 Å². The monoisotopic (exact) mass is 356 g/mol. The second kappa shape index (κ2) is 7.19. The average molecular weight is 357 g/mol. The van der Waals surface area contributed by atoms with E-state index in [1.54, 1.807) is 54.6 Å². The molecule has 126 valence electrons. The molecular formula is C18H11ClNO5-. The number of cyclic esters (lactones) is 1. The van der Waals surface area contributed by atoms with Crippen molar-refractivity contribution in [1.29, 1.82) is 0 Å². The maximum absolute atomic E-state index is 12.0. The van der Waals surface area contributed by atoms with Crippen molar-refractivity contribution in [2.75, 3.05) is 6.61 Å². The van der Waals surface area contributed by atoms with E-state index in [2.05, 4.69) is 4.99 Å². The second-order valence-electron chi connectivity index (χ2n) is 5.08. The Bertz CT molecular complexity index is 887. The number of carbonyl (C=O) groups is 2. The Morgan fingerprint density at radius 3 is 2.68 bits per heavy atom. The summed E-state index contributed by atoms with van der Waals surface area (Å²) in [5, 5.41) is 10.9. The van der Waals surface area contributed by atoms with E-state index in [-0.39, 0.29) is 11.6 Å². The maximum Gasteiger partial charge on any atom is 0.363 e. The van der Waals surface area contributed by atoms with Gasteiger partial charge in [-0.2, -0.15) is 0 Å². The summed E-state index contributed by atoms with van der Waals surface area (Å²) in [6, 6.07) is 13.3. The van der Waals surface area contributed by atoms with Gasteiger partial charge >= 0.3 is 5.97 Å². The fourth-order valence-corrected chi connectivity index (χ4v) is 2.30. The topological polar surface area (TPSA) is 88.0 Å². The molecule has 0 bridgehead atoms. The van der Waals surface area contributed by atoms with Crippen LogP contribution in [0.15, 0.2) is 59.2 Å². The van der Waals surface area contributed by atoms with Crippen molar-refractivity contribution in [2.45, 2.75) is 0 Å². The van der Waals surface area contributed by atoms with Crippen LogP contribution in [0.25, 0.3) is 6.08 Å². The number of hydrogen-bond donors (Lipinski definition) is 0. The molecule has 0 spiro atoms. The molecule has 7 heteroatoms. The molecule has 6 nitrogen and oxygen atoms in total. The van der Waals surface area contributed by atoms with Gasteiger partial charge in [0.05, 0.1) is 5.97 Å². The third-order valence-corrected chi connectivity index (χ3v) is 3.47. The summed E-state index contributed by atoms with van der Waals surface area (Å²) in [4.78, 5) is 26.5. The van der Waals surface area contributed by atoms with E-state index in [0.717, 1.165) is 0 Å². The lowest BCUT2D eigenvalue weighted by molar-refractivity contribution is -0.307. The first-order valence-corrected chi connectivity index (χ1v) is 7.60. The van der Waals surface area contributed by atoms with Crippen molar-refractivity contribution in [3.63, 3.8) is 0 Å². The zero-order chi connectivity index (χ0) is 17.8. The molecule has 0 N–H and O–H groups in total. The lowest BCUT2D eigenvalue weighted by Crippen LogP contribution is -2.28. The number of hydrogen-bond acceptors (Lipinski definition) is 6. The van der Waals surface area contributed by atoms with Crippen molar-refractivity contribution in [1.82, 2.24) is 0 Å². The zero-order valence-electron chi connectivity index (χ0n) is 12.8. The van der Waals surface area contributed by atoms with Gasteiger partial charge in [0.25, 0.3) is 0 Å². The van der Waals surface area contributed by atoms with Gasteiger partial charge in [0.1, 0.15) is 12.4 Å². The van der Waals surface area contributed by atoms with Gasteiger partial charge in [0.15, 0.2) is 5.70 Å². The number of carboxylic acid groups (broad SMARTS) is 1. The van der Waals surface area contributed by atoms with Crippen LogP contribution in [0.1, 0.15) is 11.1 Å². The van der Waals surface area contributed by atoms with E-state index in [9.17, 15) is 14.7 Å². The standard InChI is InChI=1S/C18H12ClNO5/c19-13-3-1-2-12(9-13)17-20-15(18(23)25-17)8-11-4-6-14(7-5-11)24-10-16(21)22/h1-9H,10H2,(H,21,22)/p-1/b15-8-. The molecule has 0 aromatic heterocycles. The fourth-order valence-electron chi connectivity index (χ4n) is 2.11. The predicted molar refractivity (Wildman–Crippen MR) is 89.0 cm³/mol. The Labute approximate surface area is 148 Å². The van der Waals surface area contributed by atoms with Gasteiger partial charge in [0, 0.05) is 10.6 Å². The van der Waals surface area contributed by atoms with E-state index in [1.807, 2.05) is 0 Å². The van der Waals surface area contributed by atoms with Gasteiger partial charge < -0.3 is 19.4 Å². The first-order chi connectivity index (χ1) is 12.0. The summed E-state index contributed by atoms with van der Waals surface area (Å²) in [6.45, 7) is -0.528. The number of carbonyl (C=O) groups excluding carboxylic acids is 2. The molecule has 0 saturated heterocycles. The third kappa shape index (κ3) is 4.24. The van der Waals surface area contributed by atoms with Gasteiger partial charge in [-0.1, -0.05) is 29.8 Å². The number of rotatable bonds is 5. The van der Waals surface area contributed by atoms with Gasteiger partial charge in [0.2, 0.25) is 5.90 Å². The molecule has 0 radical (unpaired) electrons. The highest BCUT2D eigenvalue weighted by Crippen LogP contribution is 2.21. The molecule has 1 aliphatic rings. The van der Waals surface area contributed by atoms with Crippen LogP contribution in [0.5, 0.6) is 5.75 Å². The molecule has 1 aliphatic heterocycles. The van der Waals surface area contributed by atoms with E-state index in [1.165, 1.54) is 0 Å². The molecule has 2 aromatic rings. The van der Waals surface area contributed by atoms with Crippen LogP contribution in [-0.4, -0.2) is 24.4 Å². The molecule has 0 unspecified atom stereocenters. The van der Waals surface area contributed by atoms with Crippen LogP contribution < -0.4 is 9.84 Å². The van der Waals surface area contributed by atoms with Crippen molar-refractivity contribution in [2.24, 2.45) is 4.99 Å². The van der Waals surface area contributed by atoms with Crippen molar-refractivity contribution in [3.8, 4) is 5.75 Å². The molecular weight excluding hydrogens is 346 g/mol. The number of benzene rings is 2. The van der Waals surface area contributed by atoms with Gasteiger partial charge in [-0.05, 0) is 42.0 Å².